The van der Waals surface area contributed by atoms with Gasteiger partial charge in [0.15, 0.2) is 0 Å². The van der Waals surface area contributed by atoms with Crippen molar-refractivity contribution in [1.29, 1.82) is 0 Å². The summed E-state index contributed by atoms with van der Waals surface area (Å²) in [6.45, 7) is 1.34. The van der Waals surface area contributed by atoms with E-state index in [2.05, 4.69) is 10.2 Å². The number of carbonyl (C=O) groups excluding carboxylic acids is 1. The van der Waals surface area contributed by atoms with Crippen molar-refractivity contribution in [3.8, 4) is 11.3 Å². The minimum absolute atomic E-state index is 0.0277. The quantitative estimate of drug-likeness (QED) is 0.712. The van der Waals surface area contributed by atoms with Crippen molar-refractivity contribution in [3.05, 3.63) is 76.4 Å². The highest BCUT2D eigenvalue weighted by molar-refractivity contribution is 6.30. The van der Waals surface area contributed by atoms with Crippen molar-refractivity contribution in [3.63, 3.8) is 0 Å². The number of aromatic amines is 1. The zero-order valence-electron chi connectivity index (χ0n) is 15.3. The fraction of sp³-hybridized carbons (Fsp3) is 0.273. The van der Waals surface area contributed by atoms with E-state index < -0.39 is 0 Å². The van der Waals surface area contributed by atoms with Crippen LogP contribution in [0.15, 0.2) is 54.6 Å². The number of carbonyl (C=O) groups is 1. The van der Waals surface area contributed by atoms with E-state index in [0.717, 1.165) is 41.8 Å². The third kappa shape index (κ3) is 2.91. The Morgan fingerprint density at radius 3 is 2.64 bits per heavy atom. The number of rotatable bonds is 4. The van der Waals surface area contributed by atoms with Gasteiger partial charge in [-0.05, 0) is 30.5 Å². The lowest BCUT2D eigenvalue weighted by molar-refractivity contribution is 0.0495. The zero-order valence-corrected chi connectivity index (χ0v) is 16.0. The molecule has 1 aromatic heterocycles. The molecule has 0 radical (unpaired) electrons. The monoisotopic (exact) mass is 393 g/mol. The van der Waals surface area contributed by atoms with Crippen molar-refractivity contribution in [2.75, 3.05) is 13.2 Å². The lowest BCUT2D eigenvalue weighted by atomic mass is 9.96. The van der Waals surface area contributed by atoms with Gasteiger partial charge in [0, 0.05) is 29.3 Å². The lowest BCUT2D eigenvalue weighted by Gasteiger charge is -2.28. The van der Waals surface area contributed by atoms with Gasteiger partial charge in [-0.3, -0.25) is 9.89 Å². The molecule has 2 aliphatic rings. The summed E-state index contributed by atoms with van der Waals surface area (Å²) in [5.74, 6) is -0.0277. The molecule has 5 rings (SSSR count). The predicted molar refractivity (Wildman–Crippen MR) is 107 cm³/mol. The summed E-state index contributed by atoms with van der Waals surface area (Å²) in [5.41, 5.74) is 4.32. The lowest BCUT2D eigenvalue weighted by Crippen LogP contribution is -2.36. The topological polar surface area (TPSA) is 58.2 Å². The van der Waals surface area contributed by atoms with E-state index >= 15 is 0 Å². The van der Waals surface area contributed by atoms with Crippen molar-refractivity contribution in [2.24, 2.45) is 0 Å². The van der Waals surface area contributed by atoms with E-state index in [1.54, 1.807) is 0 Å². The van der Waals surface area contributed by atoms with Gasteiger partial charge in [0.1, 0.15) is 5.69 Å². The van der Waals surface area contributed by atoms with Crippen LogP contribution >= 0.6 is 11.6 Å². The minimum Gasteiger partial charge on any atom is -0.376 e. The van der Waals surface area contributed by atoms with Gasteiger partial charge in [-0.15, -0.1) is 0 Å². The number of nitrogens with one attached hydrogen (secondary N) is 1. The maximum Gasteiger partial charge on any atom is 0.273 e. The Bertz CT molecular complexity index is 994. The molecule has 3 heterocycles. The van der Waals surface area contributed by atoms with Gasteiger partial charge in [-0.2, -0.15) is 5.10 Å². The molecule has 0 bridgehead atoms. The Morgan fingerprint density at radius 1 is 1.14 bits per heavy atom. The molecule has 1 saturated heterocycles. The third-order valence-electron chi connectivity index (χ3n) is 5.52. The normalized spacial score (nSPS) is 21.3. The first-order chi connectivity index (χ1) is 13.7. The van der Waals surface area contributed by atoms with Gasteiger partial charge in [0.2, 0.25) is 0 Å². The Hall–Kier alpha value is -2.63. The number of hydrogen-bond donors (Lipinski definition) is 1. The van der Waals surface area contributed by atoms with Crippen LogP contribution in [0.3, 0.4) is 0 Å². The van der Waals surface area contributed by atoms with E-state index in [1.807, 2.05) is 59.5 Å². The van der Waals surface area contributed by atoms with E-state index in [9.17, 15) is 4.79 Å². The van der Waals surface area contributed by atoms with E-state index in [0.29, 0.717) is 17.3 Å². The molecule has 6 heteroatoms. The second kappa shape index (κ2) is 7.08. The summed E-state index contributed by atoms with van der Waals surface area (Å²) in [6, 6.07) is 17.5. The van der Waals surface area contributed by atoms with Crippen LogP contribution < -0.4 is 0 Å². The van der Waals surface area contributed by atoms with Crippen molar-refractivity contribution in [2.45, 2.75) is 25.0 Å². The first kappa shape index (κ1) is 17.5. The summed E-state index contributed by atoms with van der Waals surface area (Å²) in [6.07, 6.45) is 2.10. The highest BCUT2D eigenvalue weighted by Crippen LogP contribution is 2.43. The first-order valence-corrected chi connectivity index (χ1v) is 9.92. The van der Waals surface area contributed by atoms with Crippen molar-refractivity contribution >= 4 is 17.5 Å². The molecular weight excluding hydrogens is 374 g/mol. The summed E-state index contributed by atoms with van der Waals surface area (Å²) in [4.78, 5) is 15.2. The van der Waals surface area contributed by atoms with Crippen LogP contribution in [0.2, 0.25) is 5.02 Å². The maximum atomic E-state index is 13.3. The fourth-order valence-corrected chi connectivity index (χ4v) is 4.33. The highest BCUT2D eigenvalue weighted by atomic mass is 35.5. The number of benzene rings is 2. The minimum atomic E-state index is -0.210. The molecule has 1 fully saturated rings. The van der Waals surface area contributed by atoms with Crippen LogP contribution in [-0.2, 0) is 4.74 Å². The van der Waals surface area contributed by atoms with E-state index in [4.69, 9.17) is 16.3 Å². The number of H-pyrrole nitrogens is 1. The summed E-state index contributed by atoms with van der Waals surface area (Å²) < 4.78 is 5.82. The average Bonchev–Trinajstić information content (AvgIpc) is 3.44. The molecule has 0 saturated carbocycles. The second-order valence-corrected chi connectivity index (χ2v) is 7.71. The van der Waals surface area contributed by atoms with Crippen LogP contribution in [-0.4, -0.2) is 40.3 Å². The van der Waals surface area contributed by atoms with Crippen LogP contribution in [0.25, 0.3) is 11.3 Å². The van der Waals surface area contributed by atoms with Crippen molar-refractivity contribution < 1.29 is 9.53 Å². The van der Waals surface area contributed by atoms with Gasteiger partial charge in [0.25, 0.3) is 5.91 Å². The molecule has 1 amide bonds. The predicted octanol–water partition coefficient (Wildman–Crippen LogP) is 4.45. The van der Waals surface area contributed by atoms with Crippen LogP contribution in [0.4, 0.5) is 0 Å². The smallest absolute Gasteiger partial charge is 0.273 e. The summed E-state index contributed by atoms with van der Waals surface area (Å²) in [5, 5.41) is 8.16. The number of nitrogens with zero attached hydrogens (tertiary/aromatic N) is 2. The van der Waals surface area contributed by atoms with Crippen LogP contribution in [0, 0.1) is 0 Å². The highest BCUT2D eigenvalue weighted by Gasteiger charge is 2.43. The number of hydrogen-bond acceptors (Lipinski definition) is 3. The Kier molecular flexibility index (Phi) is 4.41. The van der Waals surface area contributed by atoms with Gasteiger partial charge in [0.05, 0.1) is 17.8 Å². The fourth-order valence-electron chi connectivity index (χ4n) is 4.20. The van der Waals surface area contributed by atoms with Crippen LogP contribution in [0.1, 0.15) is 40.5 Å². The average molecular weight is 394 g/mol. The van der Waals surface area contributed by atoms with Gasteiger partial charge in [-0.25, -0.2) is 0 Å². The molecule has 2 unspecified atom stereocenters. The Morgan fingerprint density at radius 2 is 1.93 bits per heavy atom. The summed E-state index contributed by atoms with van der Waals surface area (Å²) >= 11 is 6.11. The molecule has 2 atom stereocenters. The molecule has 0 aliphatic carbocycles. The second-order valence-electron chi connectivity index (χ2n) is 7.27. The molecule has 0 spiro atoms. The molecule has 142 valence electrons. The van der Waals surface area contributed by atoms with Gasteiger partial charge in [-0.1, -0.05) is 54.1 Å². The largest absolute Gasteiger partial charge is 0.376 e. The zero-order chi connectivity index (χ0) is 19.1. The van der Waals surface area contributed by atoms with E-state index in [-0.39, 0.29) is 18.1 Å². The Labute approximate surface area is 168 Å². The number of halogens is 1. The third-order valence-corrected chi connectivity index (χ3v) is 5.77. The SMILES string of the molecule is O=C1c2[nH]nc(-c3ccccc3)c2C(c2ccc(Cl)cc2)N1CC1CCCO1. The molecule has 2 aromatic carbocycles. The molecule has 1 N–H and O–H groups in total. The van der Waals surface area contributed by atoms with Gasteiger partial charge < -0.3 is 9.64 Å². The maximum absolute atomic E-state index is 13.3. The summed E-state index contributed by atoms with van der Waals surface area (Å²) in [7, 11) is 0. The molecular formula is C22H20ClN3O2. The molecule has 5 nitrogen and oxygen atoms in total. The number of aromatic nitrogens is 2. The molecule has 3 aromatic rings. The standard InChI is InChI=1S/C22H20ClN3O2/c23-16-10-8-15(9-11-16)21-18-19(14-5-2-1-3-6-14)24-25-20(18)22(27)26(21)13-17-7-4-12-28-17/h1-3,5-6,8-11,17,21H,4,7,12-13H2,(H,24,25). The first-order valence-electron chi connectivity index (χ1n) is 9.54. The molecule has 2 aliphatic heterocycles. The van der Waals surface area contributed by atoms with Gasteiger partial charge >= 0.3 is 0 Å². The van der Waals surface area contributed by atoms with E-state index in [1.165, 1.54) is 0 Å². The van der Waals surface area contributed by atoms with Crippen molar-refractivity contribution in [1.82, 2.24) is 15.1 Å². The Balaban J connectivity index is 1.62. The number of ether oxygens (including phenoxy) is 1. The number of amides is 1. The van der Waals surface area contributed by atoms with Crippen LogP contribution in [0.5, 0.6) is 0 Å². The number of fused-ring (bicyclic) bond motifs is 1. The molecule has 28 heavy (non-hydrogen) atoms.